The lowest BCUT2D eigenvalue weighted by Crippen LogP contribution is -2.41. The van der Waals surface area contributed by atoms with Crippen LogP contribution in [0.15, 0.2) is 42.6 Å². The van der Waals surface area contributed by atoms with Crippen LogP contribution in [0.25, 0.3) is 0 Å². The Morgan fingerprint density at radius 2 is 1.94 bits per heavy atom. The molecule has 2 fully saturated rings. The van der Waals surface area contributed by atoms with Gasteiger partial charge in [0.05, 0.1) is 35.5 Å². The molecule has 2 saturated heterocycles. The first-order valence-electron chi connectivity index (χ1n) is 11.4. The fourth-order valence-corrected chi connectivity index (χ4v) is 5.24. The monoisotopic (exact) mass is 583 g/mol. The normalized spacial score (nSPS) is 19.6. The van der Waals surface area contributed by atoms with Crippen molar-refractivity contribution in [3.63, 3.8) is 0 Å². The minimum absolute atomic E-state index is 0.0970. The lowest BCUT2D eigenvalue weighted by molar-refractivity contribution is 0.178. The van der Waals surface area contributed by atoms with Crippen LogP contribution in [0.3, 0.4) is 0 Å². The molecule has 1 unspecified atom stereocenters. The molecule has 4 rings (SSSR count). The summed E-state index contributed by atoms with van der Waals surface area (Å²) in [7, 11) is 1.56. The largest absolute Gasteiger partial charge is 0.337 e. The topological polar surface area (TPSA) is 60.0 Å². The first-order valence-corrected chi connectivity index (χ1v) is 12.4. The molecule has 3 heterocycles. The van der Waals surface area contributed by atoms with E-state index in [9.17, 15) is 18.4 Å². The van der Waals surface area contributed by atoms with Crippen LogP contribution in [-0.2, 0) is 0 Å². The molecular formula is C24H28F2IN5O2. The van der Waals surface area contributed by atoms with E-state index in [0.717, 1.165) is 61.6 Å². The molecule has 10 heteroatoms. The molecule has 0 spiro atoms. The van der Waals surface area contributed by atoms with Crippen LogP contribution in [0.4, 0.5) is 18.4 Å². The average molecular weight is 583 g/mol. The van der Waals surface area contributed by atoms with Crippen LogP contribution < -0.4 is 0 Å². The van der Waals surface area contributed by atoms with E-state index in [-0.39, 0.29) is 6.54 Å². The average Bonchev–Trinajstić information content (AvgIpc) is 3.15. The second-order valence-electron chi connectivity index (χ2n) is 8.79. The van der Waals surface area contributed by atoms with E-state index in [2.05, 4.69) is 16.0 Å². The molecule has 0 bridgehead atoms. The Labute approximate surface area is 212 Å². The van der Waals surface area contributed by atoms with Gasteiger partial charge in [-0.3, -0.25) is 8.10 Å². The van der Waals surface area contributed by atoms with Gasteiger partial charge in [-0.15, -0.1) is 0 Å². The van der Waals surface area contributed by atoms with Crippen molar-refractivity contribution >= 4 is 34.9 Å². The lowest BCUT2D eigenvalue weighted by Gasteiger charge is -2.32. The van der Waals surface area contributed by atoms with E-state index in [1.165, 1.54) is 14.1 Å². The third-order valence-corrected chi connectivity index (χ3v) is 7.54. The first-order chi connectivity index (χ1) is 16.3. The van der Waals surface area contributed by atoms with Crippen LogP contribution >= 0.6 is 22.9 Å². The van der Waals surface area contributed by atoms with Crippen molar-refractivity contribution in [3.8, 4) is 0 Å². The Morgan fingerprint density at radius 3 is 2.62 bits per heavy atom. The van der Waals surface area contributed by atoms with Gasteiger partial charge in [0.1, 0.15) is 0 Å². The zero-order valence-corrected chi connectivity index (χ0v) is 21.2. The zero-order valence-electron chi connectivity index (χ0n) is 19.0. The molecule has 0 saturated carbocycles. The van der Waals surface area contributed by atoms with Crippen molar-refractivity contribution in [2.75, 3.05) is 39.8 Å². The number of pyridine rings is 1. The number of rotatable bonds is 6. The summed E-state index contributed by atoms with van der Waals surface area (Å²) in [6.07, 6.45) is 4.79. The molecule has 1 atom stereocenters. The number of aromatic nitrogens is 1. The summed E-state index contributed by atoms with van der Waals surface area (Å²) in [5.41, 5.74) is 1.62. The third-order valence-electron chi connectivity index (χ3n) is 6.64. The summed E-state index contributed by atoms with van der Waals surface area (Å²) >= 11 is 1.95. The predicted octanol–water partition coefficient (Wildman–Crippen LogP) is 4.81. The van der Waals surface area contributed by atoms with Crippen LogP contribution in [-0.4, -0.2) is 74.6 Å². The van der Waals surface area contributed by atoms with E-state index < -0.39 is 29.7 Å². The van der Waals surface area contributed by atoms with Gasteiger partial charge in [0.15, 0.2) is 11.6 Å². The Morgan fingerprint density at radius 1 is 1.18 bits per heavy atom. The van der Waals surface area contributed by atoms with E-state index in [0.29, 0.717) is 18.0 Å². The van der Waals surface area contributed by atoms with Crippen molar-refractivity contribution in [2.24, 2.45) is 0 Å². The SMILES string of the molecule is CN1C(=O)N(C(=O)N(I)CCCN2CCC(c3ccccn3)CC2)CC1c1ccc(F)c(F)c1. The third kappa shape index (κ3) is 5.48. The molecule has 1 aromatic carbocycles. The standard InChI is InChI=1S/C24H28F2IN5O2/c1-29-22(18-6-7-19(25)20(26)15-18)16-31(23(29)33)24(34)32(27)12-4-11-30-13-8-17(9-14-30)21-5-2-3-10-28-21/h2-3,5-7,10,15,17,22H,4,8-9,11-14,16H2,1H3. The number of likely N-dealkylation sites (tertiary alicyclic amines) is 1. The number of piperidine rings is 1. The number of imide groups is 1. The minimum atomic E-state index is -0.970. The highest BCUT2D eigenvalue weighted by molar-refractivity contribution is 14.1. The second kappa shape index (κ2) is 10.9. The van der Waals surface area contributed by atoms with E-state index >= 15 is 0 Å². The van der Waals surface area contributed by atoms with Crippen LogP contribution in [0.2, 0.25) is 0 Å². The number of halogens is 3. The molecule has 2 aliphatic rings. The fraction of sp³-hybridized carbons (Fsp3) is 0.458. The maximum atomic E-state index is 13.7. The van der Waals surface area contributed by atoms with Crippen molar-refractivity contribution in [3.05, 3.63) is 65.5 Å². The molecule has 182 valence electrons. The van der Waals surface area contributed by atoms with Crippen molar-refractivity contribution in [2.45, 2.75) is 31.2 Å². The van der Waals surface area contributed by atoms with Gasteiger partial charge in [-0.25, -0.2) is 23.3 Å². The number of carbonyl (C=O) groups is 2. The molecule has 34 heavy (non-hydrogen) atoms. The highest BCUT2D eigenvalue weighted by Gasteiger charge is 2.40. The zero-order chi connectivity index (χ0) is 24.2. The summed E-state index contributed by atoms with van der Waals surface area (Å²) in [4.78, 5) is 35.0. The molecule has 2 aromatic rings. The van der Waals surface area contributed by atoms with Crippen LogP contribution in [0, 0.1) is 11.6 Å². The molecular weight excluding hydrogens is 555 g/mol. The first kappa shape index (κ1) is 24.8. The van der Waals surface area contributed by atoms with Gasteiger partial charge in [0.25, 0.3) is 0 Å². The summed E-state index contributed by atoms with van der Waals surface area (Å²) in [6, 6.07) is 8.27. The van der Waals surface area contributed by atoms with Gasteiger partial charge < -0.3 is 9.80 Å². The Hall–Kier alpha value is -2.34. The number of amides is 4. The smallest absolute Gasteiger partial charge is 0.318 e. The number of nitrogens with zero attached hydrogens (tertiary/aromatic N) is 5. The molecule has 7 nitrogen and oxygen atoms in total. The number of benzene rings is 1. The van der Waals surface area contributed by atoms with E-state index in [1.54, 1.807) is 7.05 Å². The molecule has 0 radical (unpaired) electrons. The van der Waals surface area contributed by atoms with Crippen molar-refractivity contribution < 1.29 is 18.4 Å². The summed E-state index contributed by atoms with van der Waals surface area (Å²) in [5, 5.41) is 0. The van der Waals surface area contributed by atoms with Gasteiger partial charge in [0.2, 0.25) is 0 Å². The maximum Gasteiger partial charge on any atom is 0.337 e. The molecule has 2 aliphatic heterocycles. The number of hydrogen-bond donors (Lipinski definition) is 0. The minimum Gasteiger partial charge on any atom is -0.318 e. The van der Waals surface area contributed by atoms with Gasteiger partial charge in [-0.2, -0.15) is 0 Å². The van der Waals surface area contributed by atoms with Gasteiger partial charge in [0, 0.05) is 31.4 Å². The van der Waals surface area contributed by atoms with Gasteiger partial charge in [-0.05, 0) is 68.7 Å². The van der Waals surface area contributed by atoms with Gasteiger partial charge in [-0.1, -0.05) is 12.1 Å². The number of carbonyl (C=O) groups excluding carboxylic acids is 2. The second-order valence-corrected chi connectivity index (χ2v) is 9.95. The highest BCUT2D eigenvalue weighted by atomic mass is 127. The summed E-state index contributed by atoms with van der Waals surface area (Å²) < 4.78 is 28.5. The van der Waals surface area contributed by atoms with Crippen LogP contribution in [0.1, 0.15) is 42.5 Å². The predicted molar refractivity (Wildman–Crippen MR) is 132 cm³/mol. The Bertz CT molecular complexity index is 1020. The molecule has 0 N–H and O–H groups in total. The van der Waals surface area contributed by atoms with Crippen molar-refractivity contribution in [1.82, 2.24) is 22.8 Å². The van der Waals surface area contributed by atoms with Crippen LogP contribution in [0.5, 0.6) is 0 Å². The van der Waals surface area contributed by atoms with Gasteiger partial charge >= 0.3 is 12.1 Å². The summed E-state index contributed by atoms with van der Waals surface area (Å²) in [5.74, 6) is -1.41. The Kier molecular flexibility index (Phi) is 7.97. The van der Waals surface area contributed by atoms with Crippen molar-refractivity contribution in [1.29, 1.82) is 0 Å². The maximum absolute atomic E-state index is 13.7. The molecule has 4 amide bonds. The number of hydrogen-bond acceptors (Lipinski definition) is 4. The lowest BCUT2D eigenvalue weighted by atomic mass is 9.93. The fourth-order valence-electron chi connectivity index (χ4n) is 4.64. The Balaban J connectivity index is 1.24. The number of likely N-dealkylation sites (N-methyl/N-ethyl adjacent to an activating group) is 1. The number of urea groups is 2. The van der Waals surface area contributed by atoms with E-state index in [1.807, 2.05) is 41.2 Å². The quantitative estimate of drug-likeness (QED) is 0.362. The molecule has 1 aromatic heterocycles. The molecule has 0 aliphatic carbocycles. The summed E-state index contributed by atoms with van der Waals surface area (Å²) in [6.45, 7) is 3.50. The van der Waals surface area contributed by atoms with E-state index in [4.69, 9.17) is 0 Å². The highest BCUT2D eigenvalue weighted by Crippen LogP contribution is 2.30.